The molecule has 1 aliphatic heterocycles. The van der Waals surface area contributed by atoms with Gasteiger partial charge in [-0.3, -0.25) is 0 Å². The molecule has 1 heterocycles. The van der Waals surface area contributed by atoms with E-state index in [1.54, 1.807) is 0 Å². The molecule has 2 aliphatic rings. The minimum atomic E-state index is -0.749. The molecule has 0 amide bonds. The highest BCUT2D eigenvalue weighted by atomic mass is 16.8. The lowest BCUT2D eigenvalue weighted by Gasteiger charge is -2.18. The lowest BCUT2D eigenvalue weighted by molar-refractivity contribution is -0.152. The molecule has 3 heteroatoms. The third kappa shape index (κ3) is 3.75. The van der Waals surface area contributed by atoms with Gasteiger partial charge in [-0.05, 0) is 39.0 Å². The monoisotopic (exact) mass is 280 g/mol. The number of aliphatic hydroxyl groups excluding tert-OH is 1. The van der Waals surface area contributed by atoms with Crippen LogP contribution in [0.4, 0.5) is 0 Å². The van der Waals surface area contributed by atoms with Crippen molar-refractivity contribution < 1.29 is 14.6 Å². The summed E-state index contributed by atoms with van der Waals surface area (Å²) in [4.78, 5) is 0. The van der Waals surface area contributed by atoms with Crippen LogP contribution in [0.5, 0.6) is 0 Å². The van der Waals surface area contributed by atoms with Gasteiger partial charge in [0.1, 0.15) is 12.2 Å². The first-order valence-electron chi connectivity index (χ1n) is 7.97. The quantitative estimate of drug-likeness (QED) is 0.807. The van der Waals surface area contributed by atoms with Crippen molar-refractivity contribution in [2.24, 2.45) is 11.8 Å². The highest BCUT2D eigenvalue weighted by molar-refractivity contribution is 5.13. The van der Waals surface area contributed by atoms with Crippen LogP contribution in [0.3, 0.4) is 0 Å². The highest BCUT2D eigenvalue weighted by Gasteiger charge is 2.43. The van der Waals surface area contributed by atoms with Crippen molar-refractivity contribution in [3.8, 4) is 11.8 Å². The van der Waals surface area contributed by atoms with Gasteiger partial charge < -0.3 is 14.6 Å². The zero-order valence-corrected chi connectivity index (χ0v) is 13.2. The van der Waals surface area contributed by atoms with Crippen LogP contribution in [-0.4, -0.2) is 29.2 Å². The second-order valence-electron chi connectivity index (χ2n) is 6.68. The van der Waals surface area contributed by atoms with Crippen molar-refractivity contribution in [1.29, 1.82) is 0 Å². The summed E-state index contributed by atoms with van der Waals surface area (Å²) in [6, 6.07) is 0. The van der Waals surface area contributed by atoms with E-state index in [0.29, 0.717) is 11.8 Å². The molecule has 1 aliphatic carbocycles. The molecule has 1 N–H and O–H groups in total. The number of ether oxygens (including phenoxy) is 2. The Kier molecular flexibility index (Phi) is 5.12. The maximum Gasteiger partial charge on any atom is 0.163 e. The maximum absolute atomic E-state index is 10.3. The SMILES string of the molecule is CCCC1OC(C)(C)OC1C(O)C#C[C@H]1CCC[C@@H]1C. The second kappa shape index (κ2) is 6.47. The summed E-state index contributed by atoms with van der Waals surface area (Å²) in [5, 5.41) is 10.3. The van der Waals surface area contributed by atoms with Crippen LogP contribution in [0.25, 0.3) is 0 Å². The average molecular weight is 280 g/mol. The van der Waals surface area contributed by atoms with E-state index >= 15 is 0 Å². The molecular weight excluding hydrogens is 252 g/mol. The first kappa shape index (κ1) is 15.8. The van der Waals surface area contributed by atoms with Crippen LogP contribution in [-0.2, 0) is 9.47 Å². The fraction of sp³-hybridized carbons (Fsp3) is 0.882. The van der Waals surface area contributed by atoms with Gasteiger partial charge in [0.15, 0.2) is 5.79 Å². The lowest BCUT2D eigenvalue weighted by Crippen LogP contribution is -2.34. The Morgan fingerprint density at radius 1 is 1.30 bits per heavy atom. The normalized spacial score (nSPS) is 37.5. The molecule has 0 radical (unpaired) electrons. The minimum Gasteiger partial charge on any atom is -0.378 e. The average Bonchev–Trinajstić information content (AvgIpc) is 2.90. The molecule has 2 rings (SSSR count). The Labute approximate surface area is 123 Å². The molecular formula is C17H28O3. The van der Waals surface area contributed by atoms with Gasteiger partial charge in [-0.1, -0.05) is 38.5 Å². The van der Waals surface area contributed by atoms with Gasteiger partial charge in [-0.25, -0.2) is 0 Å². The van der Waals surface area contributed by atoms with E-state index in [2.05, 4.69) is 25.7 Å². The molecule has 0 aromatic carbocycles. The molecule has 1 saturated carbocycles. The molecule has 0 aromatic rings. The Hall–Kier alpha value is -0.560. The molecule has 3 unspecified atom stereocenters. The number of rotatable bonds is 3. The number of hydrogen-bond donors (Lipinski definition) is 1. The topological polar surface area (TPSA) is 38.7 Å². The lowest BCUT2D eigenvalue weighted by atomic mass is 9.97. The number of hydrogen-bond acceptors (Lipinski definition) is 3. The van der Waals surface area contributed by atoms with Gasteiger partial charge in [-0.2, -0.15) is 0 Å². The van der Waals surface area contributed by atoms with Crippen molar-refractivity contribution in [2.75, 3.05) is 0 Å². The summed E-state index contributed by atoms with van der Waals surface area (Å²) < 4.78 is 11.7. The summed E-state index contributed by atoms with van der Waals surface area (Å²) in [5.74, 6) is 6.75. The molecule has 20 heavy (non-hydrogen) atoms. The standard InChI is InChI=1S/C17H28O3/c1-5-7-15-16(20-17(3,4)19-15)14(18)11-10-13-9-6-8-12(13)2/h12-16,18H,5-9H2,1-4H3/t12-,13+,14?,15?,16?/m0/s1. The fourth-order valence-electron chi connectivity index (χ4n) is 3.27. The van der Waals surface area contributed by atoms with Crippen molar-refractivity contribution in [1.82, 2.24) is 0 Å². The third-order valence-corrected chi connectivity index (χ3v) is 4.38. The van der Waals surface area contributed by atoms with Crippen molar-refractivity contribution >= 4 is 0 Å². The van der Waals surface area contributed by atoms with Crippen molar-refractivity contribution in [2.45, 2.75) is 83.9 Å². The largest absolute Gasteiger partial charge is 0.378 e. The first-order chi connectivity index (χ1) is 9.43. The van der Waals surface area contributed by atoms with Crippen molar-refractivity contribution in [3.05, 3.63) is 0 Å². The zero-order chi connectivity index (χ0) is 14.8. The summed E-state index contributed by atoms with van der Waals surface area (Å²) in [7, 11) is 0. The molecule has 5 atom stereocenters. The third-order valence-electron chi connectivity index (χ3n) is 4.38. The van der Waals surface area contributed by atoms with E-state index in [1.807, 2.05) is 13.8 Å². The maximum atomic E-state index is 10.3. The summed E-state index contributed by atoms with van der Waals surface area (Å²) in [5.41, 5.74) is 0. The second-order valence-corrected chi connectivity index (χ2v) is 6.68. The van der Waals surface area contributed by atoms with Gasteiger partial charge in [0.25, 0.3) is 0 Å². The van der Waals surface area contributed by atoms with Gasteiger partial charge in [0.2, 0.25) is 0 Å². The summed E-state index contributed by atoms with van der Waals surface area (Å²) in [6.07, 6.45) is 4.45. The molecule has 0 aromatic heterocycles. The van der Waals surface area contributed by atoms with Crippen LogP contribution in [0.15, 0.2) is 0 Å². The van der Waals surface area contributed by atoms with E-state index in [-0.39, 0.29) is 12.2 Å². The van der Waals surface area contributed by atoms with Crippen LogP contribution in [0.2, 0.25) is 0 Å². The van der Waals surface area contributed by atoms with Gasteiger partial charge in [0.05, 0.1) is 6.10 Å². The van der Waals surface area contributed by atoms with Gasteiger partial charge in [0, 0.05) is 5.92 Å². The number of aliphatic hydroxyl groups is 1. The molecule has 1 saturated heterocycles. The van der Waals surface area contributed by atoms with E-state index < -0.39 is 11.9 Å². The Morgan fingerprint density at radius 2 is 2.05 bits per heavy atom. The molecule has 3 nitrogen and oxygen atoms in total. The highest BCUT2D eigenvalue weighted by Crippen LogP contribution is 2.33. The minimum absolute atomic E-state index is 0.0553. The Balaban J connectivity index is 2.00. The van der Waals surface area contributed by atoms with Crippen LogP contribution >= 0.6 is 0 Å². The van der Waals surface area contributed by atoms with Crippen molar-refractivity contribution in [3.63, 3.8) is 0 Å². The van der Waals surface area contributed by atoms with Crippen LogP contribution in [0.1, 0.15) is 59.8 Å². The first-order valence-corrected chi connectivity index (χ1v) is 7.97. The van der Waals surface area contributed by atoms with E-state index in [9.17, 15) is 5.11 Å². The van der Waals surface area contributed by atoms with Gasteiger partial charge in [-0.15, -0.1) is 0 Å². The predicted octanol–water partition coefficient (Wildman–Crippen LogP) is 3.11. The Bertz CT molecular complexity index is 379. The van der Waals surface area contributed by atoms with Crippen LogP contribution in [0, 0.1) is 23.7 Å². The van der Waals surface area contributed by atoms with E-state index in [4.69, 9.17) is 9.47 Å². The summed E-state index contributed by atoms with van der Waals surface area (Å²) >= 11 is 0. The Morgan fingerprint density at radius 3 is 2.65 bits per heavy atom. The van der Waals surface area contributed by atoms with E-state index in [1.165, 1.54) is 12.8 Å². The smallest absolute Gasteiger partial charge is 0.163 e. The van der Waals surface area contributed by atoms with E-state index in [0.717, 1.165) is 19.3 Å². The van der Waals surface area contributed by atoms with Gasteiger partial charge >= 0.3 is 0 Å². The molecule has 114 valence electrons. The molecule has 0 spiro atoms. The zero-order valence-electron chi connectivity index (χ0n) is 13.2. The molecule has 2 fully saturated rings. The summed E-state index contributed by atoms with van der Waals surface area (Å²) in [6.45, 7) is 8.16. The molecule has 0 bridgehead atoms. The fourth-order valence-corrected chi connectivity index (χ4v) is 3.27. The van der Waals surface area contributed by atoms with Crippen LogP contribution < -0.4 is 0 Å². The predicted molar refractivity (Wildman–Crippen MR) is 79.0 cm³/mol.